The molecule has 0 saturated carbocycles. The van der Waals surface area contributed by atoms with Crippen molar-refractivity contribution in [2.45, 2.75) is 6.92 Å². The third-order valence-corrected chi connectivity index (χ3v) is 4.70. The molecular formula is C16H14N2O5S. The van der Waals surface area contributed by atoms with Gasteiger partial charge in [-0.05, 0) is 43.3 Å². The largest absolute Gasteiger partial charge is 0.423 e. The number of carbonyl (C=O) groups excluding carboxylic acids is 2. The van der Waals surface area contributed by atoms with Crippen molar-refractivity contribution in [1.82, 2.24) is 4.90 Å². The molecule has 0 bridgehead atoms. The molecule has 0 radical (unpaired) electrons. The van der Waals surface area contributed by atoms with Crippen molar-refractivity contribution in [1.29, 1.82) is 0 Å². The highest BCUT2D eigenvalue weighted by Gasteiger charge is 2.30. The van der Waals surface area contributed by atoms with Crippen LogP contribution in [-0.4, -0.2) is 43.2 Å². The summed E-state index contributed by atoms with van der Waals surface area (Å²) in [6, 6.07) is 6.11. The quantitative estimate of drug-likeness (QED) is 0.465. The van der Waals surface area contributed by atoms with Crippen LogP contribution in [0.4, 0.5) is 0 Å². The summed E-state index contributed by atoms with van der Waals surface area (Å²) in [5.74, 6) is -0.586. The van der Waals surface area contributed by atoms with E-state index in [1.165, 1.54) is 25.1 Å². The zero-order valence-corrected chi connectivity index (χ0v) is 13.6. The highest BCUT2D eigenvalue weighted by Crippen LogP contribution is 2.20. The zero-order valence-electron chi connectivity index (χ0n) is 12.8. The van der Waals surface area contributed by atoms with Gasteiger partial charge in [0.25, 0.3) is 10.0 Å². The van der Waals surface area contributed by atoms with Crippen molar-refractivity contribution in [3.8, 4) is 5.75 Å². The fourth-order valence-electron chi connectivity index (χ4n) is 2.30. The fraction of sp³-hybridized carbons (Fsp3) is 0.188. The van der Waals surface area contributed by atoms with Gasteiger partial charge in [0.1, 0.15) is 11.3 Å². The molecule has 1 aromatic carbocycles. The normalized spacial score (nSPS) is 18.3. The van der Waals surface area contributed by atoms with Gasteiger partial charge in [-0.3, -0.25) is 4.79 Å². The number of carbonyl (C=O) groups is 2. The Bertz CT molecular complexity index is 895. The second-order valence-corrected chi connectivity index (χ2v) is 7.04. The standard InChI is InChI=1S/C16H14N2O5S/c1-11(19)12-4-6-13(7-5-12)23-16(20)14-3-2-8-18-9-10-24(21,22)17-15(14)18/h2-8H,9-10H2,1H3. The summed E-state index contributed by atoms with van der Waals surface area (Å²) in [6.07, 6.45) is 4.75. The smallest absolute Gasteiger partial charge is 0.347 e. The van der Waals surface area contributed by atoms with Crippen LogP contribution in [0.5, 0.6) is 5.75 Å². The Morgan fingerprint density at radius 3 is 2.58 bits per heavy atom. The number of ketones is 1. The lowest BCUT2D eigenvalue weighted by Crippen LogP contribution is -2.40. The van der Waals surface area contributed by atoms with E-state index in [1.807, 2.05) is 0 Å². The highest BCUT2D eigenvalue weighted by atomic mass is 32.2. The monoisotopic (exact) mass is 346 g/mol. The van der Waals surface area contributed by atoms with Gasteiger partial charge in [-0.15, -0.1) is 4.40 Å². The number of hydrogen-bond acceptors (Lipinski definition) is 6. The second-order valence-electron chi connectivity index (χ2n) is 5.29. The third-order valence-electron chi connectivity index (χ3n) is 3.55. The van der Waals surface area contributed by atoms with Crippen LogP contribution in [0.3, 0.4) is 0 Å². The summed E-state index contributed by atoms with van der Waals surface area (Å²) in [4.78, 5) is 25.2. The van der Waals surface area contributed by atoms with E-state index in [-0.39, 0.29) is 35.2 Å². The molecule has 24 heavy (non-hydrogen) atoms. The maximum Gasteiger partial charge on any atom is 0.347 e. The molecule has 2 aliphatic rings. The number of fused-ring (bicyclic) bond motifs is 1. The molecule has 0 aromatic heterocycles. The van der Waals surface area contributed by atoms with Crippen molar-refractivity contribution < 1.29 is 22.7 Å². The molecule has 0 unspecified atom stereocenters. The number of amidine groups is 1. The lowest BCUT2D eigenvalue weighted by atomic mass is 10.1. The van der Waals surface area contributed by atoms with Crippen LogP contribution in [0, 0.1) is 0 Å². The van der Waals surface area contributed by atoms with Gasteiger partial charge in [0.2, 0.25) is 0 Å². The molecule has 0 saturated heterocycles. The summed E-state index contributed by atoms with van der Waals surface area (Å²) in [5, 5.41) is 0. The third kappa shape index (κ3) is 3.28. The number of nitrogens with zero attached hydrogens (tertiary/aromatic N) is 2. The summed E-state index contributed by atoms with van der Waals surface area (Å²) in [7, 11) is -3.58. The molecule has 2 heterocycles. The molecule has 124 valence electrons. The first-order valence-corrected chi connectivity index (χ1v) is 8.78. The fourth-order valence-corrected chi connectivity index (χ4v) is 3.28. The topological polar surface area (TPSA) is 93.1 Å². The molecule has 8 heteroatoms. The molecular weight excluding hydrogens is 332 g/mol. The van der Waals surface area contributed by atoms with Crippen LogP contribution in [0.25, 0.3) is 0 Å². The van der Waals surface area contributed by atoms with E-state index in [4.69, 9.17) is 4.74 Å². The van der Waals surface area contributed by atoms with Gasteiger partial charge in [0, 0.05) is 18.3 Å². The number of allylic oxidation sites excluding steroid dienone is 2. The lowest BCUT2D eigenvalue weighted by Gasteiger charge is -2.28. The first-order chi connectivity index (χ1) is 11.4. The Morgan fingerprint density at radius 1 is 1.21 bits per heavy atom. The van der Waals surface area contributed by atoms with E-state index >= 15 is 0 Å². The number of ether oxygens (including phenoxy) is 1. The SMILES string of the molecule is CC(=O)c1ccc(OC(=O)C2=CC=CN3CCS(=O)(=O)N=C23)cc1. The zero-order chi connectivity index (χ0) is 17.3. The van der Waals surface area contributed by atoms with Crippen molar-refractivity contribution in [2.75, 3.05) is 12.3 Å². The summed E-state index contributed by atoms with van der Waals surface area (Å²) in [6.45, 7) is 1.67. The van der Waals surface area contributed by atoms with E-state index in [0.29, 0.717) is 5.56 Å². The minimum Gasteiger partial charge on any atom is -0.423 e. The molecule has 3 rings (SSSR count). The van der Waals surface area contributed by atoms with Crippen LogP contribution in [0.15, 0.2) is 52.6 Å². The van der Waals surface area contributed by atoms with Crippen molar-refractivity contribution in [3.05, 3.63) is 53.8 Å². The number of Topliss-reactive ketones (excluding diaryl/α,β-unsaturated/α-hetero) is 1. The molecule has 2 aliphatic heterocycles. The van der Waals surface area contributed by atoms with Gasteiger partial charge >= 0.3 is 5.97 Å². The Kier molecular flexibility index (Phi) is 4.06. The first-order valence-electron chi connectivity index (χ1n) is 7.17. The summed E-state index contributed by atoms with van der Waals surface area (Å²) >= 11 is 0. The number of benzene rings is 1. The Balaban J connectivity index is 1.84. The van der Waals surface area contributed by atoms with Gasteiger partial charge < -0.3 is 9.64 Å². The van der Waals surface area contributed by atoms with Crippen molar-refractivity contribution in [3.63, 3.8) is 0 Å². The van der Waals surface area contributed by atoms with Gasteiger partial charge in [-0.25, -0.2) is 13.2 Å². The number of sulfonamides is 1. The van der Waals surface area contributed by atoms with Crippen molar-refractivity contribution in [2.24, 2.45) is 4.40 Å². The molecule has 0 aliphatic carbocycles. The van der Waals surface area contributed by atoms with E-state index in [1.54, 1.807) is 29.3 Å². The summed E-state index contributed by atoms with van der Waals surface area (Å²) < 4.78 is 32.3. The van der Waals surface area contributed by atoms with Crippen LogP contribution in [0.2, 0.25) is 0 Å². The Morgan fingerprint density at radius 2 is 1.92 bits per heavy atom. The average molecular weight is 346 g/mol. The maximum absolute atomic E-state index is 12.4. The van der Waals surface area contributed by atoms with Crippen LogP contribution in [-0.2, 0) is 14.8 Å². The predicted molar refractivity (Wildman–Crippen MR) is 87.2 cm³/mol. The molecule has 0 atom stereocenters. The van der Waals surface area contributed by atoms with Crippen molar-refractivity contribution >= 4 is 27.6 Å². The number of esters is 1. The number of hydrogen-bond donors (Lipinski definition) is 0. The van der Waals surface area contributed by atoms with E-state index in [2.05, 4.69) is 4.40 Å². The Labute approximate surface area is 139 Å². The average Bonchev–Trinajstić information content (AvgIpc) is 2.54. The van der Waals surface area contributed by atoms with Gasteiger partial charge in [0.05, 0.1) is 5.75 Å². The molecule has 0 amide bonds. The van der Waals surface area contributed by atoms with Gasteiger partial charge in [-0.1, -0.05) is 0 Å². The molecule has 0 spiro atoms. The number of rotatable bonds is 3. The van der Waals surface area contributed by atoms with Crippen LogP contribution >= 0.6 is 0 Å². The van der Waals surface area contributed by atoms with Gasteiger partial charge in [-0.2, -0.15) is 0 Å². The van der Waals surface area contributed by atoms with Crippen LogP contribution < -0.4 is 4.74 Å². The predicted octanol–water partition coefficient (Wildman–Crippen LogP) is 1.29. The Hall–Kier alpha value is -2.74. The molecule has 0 N–H and O–H groups in total. The molecule has 7 nitrogen and oxygen atoms in total. The van der Waals surface area contributed by atoms with Crippen LogP contribution in [0.1, 0.15) is 17.3 Å². The van der Waals surface area contributed by atoms with E-state index in [9.17, 15) is 18.0 Å². The van der Waals surface area contributed by atoms with E-state index < -0.39 is 16.0 Å². The first kappa shape index (κ1) is 16.1. The molecule has 1 aromatic rings. The lowest BCUT2D eigenvalue weighted by molar-refractivity contribution is -0.129. The summed E-state index contributed by atoms with van der Waals surface area (Å²) in [5.41, 5.74) is 0.569. The maximum atomic E-state index is 12.4. The second kappa shape index (κ2) is 6.04. The van der Waals surface area contributed by atoms with E-state index in [0.717, 1.165) is 0 Å². The van der Waals surface area contributed by atoms with Gasteiger partial charge in [0.15, 0.2) is 11.6 Å². The minimum absolute atomic E-state index is 0.0640. The minimum atomic E-state index is -3.58. The highest BCUT2D eigenvalue weighted by molar-refractivity contribution is 7.90. The molecule has 0 fully saturated rings.